The molecule has 1 rings (SSSR count). The van der Waals surface area contributed by atoms with E-state index >= 15 is 0 Å². The van der Waals surface area contributed by atoms with Gasteiger partial charge in [-0.1, -0.05) is 31.5 Å². The number of carbonyl (C=O) groups excluding carboxylic acids is 1. The molecule has 0 aromatic heterocycles. The highest BCUT2D eigenvalue weighted by atomic mass is 16.5. The summed E-state index contributed by atoms with van der Waals surface area (Å²) in [6, 6.07) is 7.76. The molecule has 0 radical (unpaired) electrons. The Morgan fingerprint density at radius 1 is 1.37 bits per heavy atom. The van der Waals surface area contributed by atoms with E-state index in [1.54, 1.807) is 6.92 Å². The molecule has 0 saturated carbocycles. The Bertz CT molecular complexity index is 393. The van der Waals surface area contributed by atoms with Gasteiger partial charge in [0.15, 0.2) is 6.10 Å². The zero-order valence-corrected chi connectivity index (χ0v) is 12.0. The van der Waals surface area contributed by atoms with Crippen LogP contribution in [-0.4, -0.2) is 25.6 Å². The van der Waals surface area contributed by atoms with Crippen molar-refractivity contribution in [3.63, 3.8) is 0 Å². The van der Waals surface area contributed by atoms with Gasteiger partial charge in [-0.05, 0) is 26.5 Å². The van der Waals surface area contributed by atoms with Crippen LogP contribution in [0.15, 0.2) is 24.3 Å². The first kappa shape index (κ1) is 15.5. The Kier molecular flexibility index (Phi) is 6.97. The fourth-order valence-electron chi connectivity index (χ4n) is 1.73. The van der Waals surface area contributed by atoms with Crippen molar-refractivity contribution in [1.82, 2.24) is 10.6 Å². The molecule has 0 saturated heterocycles. The Morgan fingerprint density at radius 2 is 2.11 bits per heavy atom. The summed E-state index contributed by atoms with van der Waals surface area (Å²) in [5, 5.41) is 5.96. The number of hydrogen-bond acceptors (Lipinski definition) is 3. The molecule has 0 bridgehead atoms. The Hall–Kier alpha value is -1.55. The summed E-state index contributed by atoms with van der Waals surface area (Å²) in [6.45, 7) is 5.30. The highest BCUT2D eigenvalue weighted by Crippen LogP contribution is 2.19. The second-order valence-corrected chi connectivity index (χ2v) is 4.54. The maximum atomic E-state index is 11.8. The van der Waals surface area contributed by atoms with E-state index in [1.807, 2.05) is 31.3 Å². The molecule has 0 aliphatic heterocycles. The Morgan fingerprint density at radius 3 is 2.79 bits per heavy atom. The maximum absolute atomic E-state index is 11.8. The average Bonchev–Trinajstić information content (AvgIpc) is 2.41. The van der Waals surface area contributed by atoms with Crippen molar-refractivity contribution in [3.8, 4) is 5.75 Å². The maximum Gasteiger partial charge on any atom is 0.260 e. The molecule has 1 atom stereocenters. The van der Waals surface area contributed by atoms with E-state index in [-0.39, 0.29) is 5.91 Å². The third-order valence-electron chi connectivity index (χ3n) is 2.84. The van der Waals surface area contributed by atoms with E-state index in [1.165, 1.54) is 0 Å². The van der Waals surface area contributed by atoms with Crippen LogP contribution in [0, 0.1) is 0 Å². The summed E-state index contributed by atoms with van der Waals surface area (Å²) in [4.78, 5) is 11.8. The minimum Gasteiger partial charge on any atom is -0.481 e. The zero-order valence-electron chi connectivity index (χ0n) is 12.0. The van der Waals surface area contributed by atoms with Gasteiger partial charge in [0.05, 0.1) is 0 Å². The van der Waals surface area contributed by atoms with E-state index < -0.39 is 6.10 Å². The first-order chi connectivity index (χ1) is 9.19. The van der Waals surface area contributed by atoms with Gasteiger partial charge < -0.3 is 15.4 Å². The van der Waals surface area contributed by atoms with Crippen molar-refractivity contribution in [2.75, 3.05) is 13.6 Å². The van der Waals surface area contributed by atoms with Crippen LogP contribution in [0.4, 0.5) is 0 Å². The van der Waals surface area contributed by atoms with Gasteiger partial charge in [0, 0.05) is 18.7 Å². The van der Waals surface area contributed by atoms with Gasteiger partial charge in [0.25, 0.3) is 5.91 Å². The molecule has 4 nitrogen and oxygen atoms in total. The molecule has 1 amide bonds. The zero-order chi connectivity index (χ0) is 14.1. The van der Waals surface area contributed by atoms with Gasteiger partial charge in [0.1, 0.15) is 5.75 Å². The standard InChI is InChI=1S/C15H24N2O2/c1-4-5-10-17-15(18)12(2)19-14-9-7-6-8-13(14)11-16-3/h6-9,12,16H,4-5,10-11H2,1-3H3,(H,17,18). The van der Waals surface area contributed by atoms with E-state index in [4.69, 9.17) is 4.74 Å². The summed E-state index contributed by atoms with van der Waals surface area (Å²) >= 11 is 0. The van der Waals surface area contributed by atoms with Crippen LogP contribution in [0.2, 0.25) is 0 Å². The van der Waals surface area contributed by atoms with Crippen molar-refractivity contribution >= 4 is 5.91 Å². The quantitative estimate of drug-likeness (QED) is 0.707. The smallest absolute Gasteiger partial charge is 0.260 e. The summed E-state index contributed by atoms with van der Waals surface area (Å²) in [5.41, 5.74) is 1.05. The highest BCUT2D eigenvalue weighted by Gasteiger charge is 2.15. The van der Waals surface area contributed by atoms with Gasteiger partial charge in [-0.2, -0.15) is 0 Å². The molecule has 0 aliphatic carbocycles. The van der Waals surface area contributed by atoms with Gasteiger partial charge in [-0.25, -0.2) is 0 Å². The number of rotatable bonds is 8. The molecule has 2 N–H and O–H groups in total. The molecule has 0 spiro atoms. The fourth-order valence-corrected chi connectivity index (χ4v) is 1.73. The molecule has 1 aromatic rings. The van der Waals surface area contributed by atoms with Crippen LogP contribution in [-0.2, 0) is 11.3 Å². The molecular formula is C15H24N2O2. The van der Waals surface area contributed by atoms with Crippen LogP contribution in [0.25, 0.3) is 0 Å². The van der Waals surface area contributed by atoms with Crippen LogP contribution in [0.1, 0.15) is 32.3 Å². The highest BCUT2D eigenvalue weighted by molar-refractivity contribution is 5.80. The summed E-state index contributed by atoms with van der Waals surface area (Å²) in [5.74, 6) is 0.697. The van der Waals surface area contributed by atoms with E-state index in [9.17, 15) is 4.79 Å². The topological polar surface area (TPSA) is 50.4 Å². The lowest BCUT2D eigenvalue weighted by atomic mass is 10.2. The van der Waals surface area contributed by atoms with Gasteiger partial charge in [0.2, 0.25) is 0 Å². The van der Waals surface area contributed by atoms with Crippen LogP contribution in [0.5, 0.6) is 5.75 Å². The van der Waals surface area contributed by atoms with E-state index in [0.29, 0.717) is 6.54 Å². The molecular weight excluding hydrogens is 240 g/mol. The lowest BCUT2D eigenvalue weighted by Crippen LogP contribution is -2.37. The molecule has 1 aromatic carbocycles. The van der Waals surface area contributed by atoms with Gasteiger partial charge in [-0.3, -0.25) is 4.79 Å². The number of ether oxygens (including phenoxy) is 1. The van der Waals surface area contributed by atoms with Crippen LogP contribution in [0.3, 0.4) is 0 Å². The lowest BCUT2D eigenvalue weighted by Gasteiger charge is -2.17. The first-order valence-corrected chi connectivity index (χ1v) is 6.86. The predicted molar refractivity (Wildman–Crippen MR) is 77.2 cm³/mol. The van der Waals surface area contributed by atoms with E-state index in [2.05, 4.69) is 17.6 Å². The Labute approximate surface area is 115 Å². The number of para-hydroxylation sites is 1. The number of amides is 1. The fraction of sp³-hybridized carbons (Fsp3) is 0.533. The second kappa shape index (κ2) is 8.53. The minimum atomic E-state index is -0.477. The van der Waals surface area contributed by atoms with Crippen LogP contribution >= 0.6 is 0 Å². The first-order valence-electron chi connectivity index (χ1n) is 6.86. The number of hydrogen-bond donors (Lipinski definition) is 2. The van der Waals surface area contributed by atoms with Gasteiger partial charge >= 0.3 is 0 Å². The molecule has 0 heterocycles. The normalized spacial score (nSPS) is 11.9. The molecule has 106 valence electrons. The third-order valence-corrected chi connectivity index (χ3v) is 2.84. The largest absolute Gasteiger partial charge is 0.481 e. The van der Waals surface area contributed by atoms with Crippen LogP contribution < -0.4 is 15.4 Å². The van der Waals surface area contributed by atoms with Crippen molar-refractivity contribution in [2.24, 2.45) is 0 Å². The number of nitrogens with one attached hydrogen (secondary N) is 2. The SMILES string of the molecule is CCCCNC(=O)C(C)Oc1ccccc1CNC. The molecule has 1 unspecified atom stereocenters. The van der Waals surface area contributed by atoms with Crippen molar-refractivity contribution in [2.45, 2.75) is 39.3 Å². The summed E-state index contributed by atoms with van der Waals surface area (Å²) < 4.78 is 5.74. The van der Waals surface area contributed by atoms with Crippen molar-refractivity contribution < 1.29 is 9.53 Å². The number of unbranched alkanes of at least 4 members (excludes halogenated alkanes) is 1. The Balaban J connectivity index is 2.55. The molecule has 0 aliphatic rings. The number of benzene rings is 1. The average molecular weight is 264 g/mol. The van der Waals surface area contributed by atoms with E-state index in [0.717, 1.165) is 30.7 Å². The molecule has 0 fully saturated rings. The molecule has 4 heteroatoms. The second-order valence-electron chi connectivity index (χ2n) is 4.54. The van der Waals surface area contributed by atoms with Crippen molar-refractivity contribution in [3.05, 3.63) is 29.8 Å². The van der Waals surface area contributed by atoms with Gasteiger partial charge in [-0.15, -0.1) is 0 Å². The summed E-state index contributed by atoms with van der Waals surface area (Å²) in [6.07, 6.45) is 1.59. The monoisotopic (exact) mass is 264 g/mol. The number of carbonyl (C=O) groups is 1. The minimum absolute atomic E-state index is 0.0623. The van der Waals surface area contributed by atoms with Crippen molar-refractivity contribution in [1.29, 1.82) is 0 Å². The summed E-state index contributed by atoms with van der Waals surface area (Å²) in [7, 11) is 1.89. The predicted octanol–water partition coefficient (Wildman–Crippen LogP) is 2.09. The molecule has 19 heavy (non-hydrogen) atoms. The third kappa shape index (κ3) is 5.30. The lowest BCUT2D eigenvalue weighted by molar-refractivity contribution is -0.127.